The molecule has 350 valence electrons. The third-order valence-corrected chi connectivity index (χ3v) is 17.6. The maximum Gasteiger partial charge on any atom is 0.336 e. The van der Waals surface area contributed by atoms with Crippen LogP contribution >= 0.6 is 15.9 Å². The van der Waals surface area contributed by atoms with Gasteiger partial charge in [0.2, 0.25) is 0 Å². The third-order valence-electron chi connectivity index (χ3n) is 17.1. The van der Waals surface area contributed by atoms with Crippen molar-refractivity contribution in [2.75, 3.05) is 0 Å². The van der Waals surface area contributed by atoms with Gasteiger partial charge < -0.3 is 63.8 Å². The molecule has 0 radical (unpaired) electrons. The molecule has 0 aromatic heterocycles. The largest absolute Gasteiger partial charge is 0.423 e. The first-order valence-electron chi connectivity index (χ1n) is 23.3. The molecule has 8 aliphatic rings. The van der Waals surface area contributed by atoms with Crippen LogP contribution in [0.25, 0.3) is 6.08 Å². The van der Waals surface area contributed by atoms with Gasteiger partial charge in [0.05, 0.1) is 54.4 Å². The van der Waals surface area contributed by atoms with Gasteiger partial charge >= 0.3 is 5.97 Å². The van der Waals surface area contributed by atoms with Crippen LogP contribution in [0.15, 0.2) is 46.1 Å². The number of esters is 1. The molecule has 4 aliphatic heterocycles. The monoisotopic (exact) mass is 946 g/mol. The van der Waals surface area contributed by atoms with E-state index in [4.69, 9.17) is 33.2 Å². The van der Waals surface area contributed by atoms with Crippen molar-refractivity contribution in [1.29, 1.82) is 0 Å². The van der Waals surface area contributed by atoms with E-state index in [1.807, 2.05) is 44.2 Å². The Morgan fingerprint density at radius 2 is 1.38 bits per heavy atom. The predicted octanol–water partition coefficient (Wildman–Crippen LogP) is 5.02. The molecular formula is C48H67BrO14. The molecule has 0 spiro atoms. The van der Waals surface area contributed by atoms with Crippen molar-refractivity contribution in [2.24, 2.45) is 34.5 Å². The van der Waals surface area contributed by atoms with E-state index < -0.39 is 96.9 Å². The molecule has 4 heterocycles. The fourth-order valence-corrected chi connectivity index (χ4v) is 14.0. The van der Waals surface area contributed by atoms with Crippen LogP contribution in [-0.4, -0.2) is 128 Å². The summed E-state index contributed by atoms with van der Waals surface area (Å²) >= 11 is 3.53. The van der Waals surface area contributed by atoms with Crippen molar-refractivity contribution in [2.45, 2.75) is 197 Å². The van der Waals surface area contributed by atoms with Crippen LogP contribution in [0.5, 0.6) is 0 Å². The Labute approximate surface area is 378 Å². The first kappa shape index (κ1) is 46.3. The number of aliphatic hydroxyl groups excluding tert-OH is 5. The normalized spacial score (nSPS) is 50.6. The lowest BCUT2D eigenvalue weighted by atomic mass is 9.42. The first-order chi connectivity index (χ1) is 29.9. The number of halogens is 1. The Bertz CT molecular complexity index is 1880. The zero-order valence-corrected chi connectivity index (χ0v) is 38.5. The fourth-order valence-electron chi connectivity index (χ4n) is 13.6. The quantitative estimate of drug-likeness (QED) is 0.150. The molecule has 4 saturated carbocycles. The van der Waals surface area contributed by atoms with E-state index in [2.05, 4.69) is 22.9 Å². The minimum Gasteiger partial charge on any atom is -0.423 e. The predicted molar refractivity (Wildman–Crippen MR) is 230 cm³/mol. The van der Waals surface area contributed by atoms with Crippen LogP contribution in [0.3, 0.4) is 0 Å². The number of allylic oxidation sites excluding steroid dienone is 1. The second-order valence-electron chi connectivity index (χ2n) is 20.6. The average Bonchev–Trinajstić information content (AvgIpc) is 3.72. The van der Waals surface area contributed by atoms with Gasteiger partial charge in [-0.05, 0) is 125 Å². The number of fused-ring (bicyclic) bond motifs is 5. The number of hydrogen-bond acceptors (Lipinski definition) is 14. The van der Waals surface area contributed by atoms with E-state index in [-0.39, 0.29) is 48.5 Å². The molecule has 6 N–H and O–H groups in total. The van der Waals surface area contributed by atoms with Crippen molar-refractivity contribution >= 4 is 28.0 Å². The standard InChI is InChI=1S/C48H67BrO14/c1-23-43(55)34(50)20-41(57-23)62-45-25(3)59-42(22-36(45)52)63-44-24(2)58-40(21-35(44)51)60-29-11-13-46(4)27(17-29)9-10-32-33(46)19-38(53)47(5)31(12-14-48(32,47)56)30-18-39(54)61-37(30)16-26-7-6-8-28(49)15-26/h6-8,15-16,18,23-25,27,29,31-36,38,40-45,50-53,55-56H,9-14,17,19-22H2,1-5H3/b37-16-/t23-,24-,25-,27-,29+,31-,32-,33+,34+,35+,36+,38-,40+,41+,42+,43-,44-,45-,46+,47+,48+/m1/s1. The van der Waals surface area contributed by atoms with Gasteiger partial charge in [-0.2, -0.15) is 0 Å². The summed E-state index contributed by atoms with van der Waals surface area (Å²) in [5.41, 5.74) is -0.419. The Hall–Kier alpha value is -1.83. The highest BCUT2D eigenvalue weighted by molar-refractivity contribution is 9.10. The van der Waals surface area contributed by atoms with Crippen molar-refractivity contribution in [3.05, 3.63) is 51.7 Å². The highest BCUT2D eigenvalue weighted by atomic mass is 79.9. The van der Waals surface area contributed by atoms with Crippen molar-refractivity contribution in [3.8, 4) is 0 Å². The summed E-state index contributed by atoms with van der Waals surface area (Å²) in [4.78, 5) is 12.8. The second kappa shape index (κ2) is 17.7. The number of ether oxygens (including phenoxy) is 7. The minimum absolute atomic E-state index is 0.00903. The summed E-state index contributed by atoms with van der Waals surface area (Å²) in [5, 5.41) is 67.9. The maximum atomic E-state index is 13.0. The fraction of sp³-hybridized carbons (Fsp3) is 0.771. The van der Waals surface area contributed by atoms with Gasteiger partial charge in [-0.1, -0.05) is 41.9 Å². The van der Waals surface area contributed by atoms with E-state index in [1.54, 1.807) is 19.9 Å². The maximum absolute atomic E-state index is 13.0. The number of aliphatic hydroxyl groups is 6. The lowest BCUT2D eigenvalue weighted by molar-refractivity contribution is -0.336. The van der Waals surface area contributed by atoms with Crippen LogP contribution < -0.4 is 0 Å². The average molecular weight is 948 g/mol. The molecule has 21 atom stereocenters. The summed E-state index contributed by atoms with van der Waals surface area (Å²) in [6.45, 7) is 9.64. The molecule has 1 aromatic rings. The zero-order chi connectivity index (χ0) is 44.7. The Balaban J connectivity index is 0.796. The van der Waals surface area contributed by atoms with Gasteiger partial charge in [-0.3, -0.25) is 0 Å². The number of carbonyl (C=O) groups is 1. The molecule has 1 aromatic carbocycles. The SMILES string of the molecule is C[C@H]1O[C@@H](O[C@H]2[C@@H](O)C[C@H](O[C@H]3[C@@H](O)C[C@H](O[C@H]4CC[C@@]5(C)[C@H](CC[C@@H]6[C@@H]5C[C@@H](O)[C@]5(C)[C@@H](C7=CC(=O)O/C7=C\c7cccc(Br)c7)CC[C@]65O)C4)O[C@@H]3C)O[C@@H]2C)C[C@H](O)[C@@H]1O. The number of hydrogen-bond donors (Lipinski definition) is 6. The summed E-state index contributed by atoms with van der Waals surface area (Å²) in [7, 11) is 0. The molecule has 0 unspecified atom stereocenters. The van der Waals surface area contributed by atoms with Gasteiger partial charge in [-0.25, -0.2) is 4.79 Å². The van der Waals surface area contributed by atoms with Gasteiger partial charge in [0, 0.05) is 40.8 Å². The topological polar surface area (TPSA) is 203 Å². The number of carbonyl (C=O) groups excluding carboxylic acids is 1. The van der Waals surface area contributed by atoms with E-state index in [0.29, 0.717) is 30.9 Å². The lowest BCUT2D eigenvalue weighted by Crippen LogP contribution is -2.67. The van der Waals surface area contributed by atoms with Crippen LogP contribution in [0, 0.1) is 34.5 Å². The highest BCUT2D eigenvalue weighted by Gasteiger charge is 2.71. The van der Waals surface area contributed by atoms with Gasteiger partial charge in [0.25, 0.3) is 0 Å². The van der Waals surface area contributed by atoms with Crippen LogP contribution in [0.4, 0.5) is 0 Å². The minimum atomic E-state index is -1.11. The zero-order valence-electron chi connectivity index (χ0n) is 37.0. The van der Waals surface area contributed by atoms with Gasteiger partial charge in [-0.15, -0.1) is 0 Å². The molecule has 9 rings (SSSR count). The molecule has 15 heteroatoms. The molecule has 7 fully saturated rings. The van der Waals surface area contributed by atoms with Gasteiger partial charge in [0.15, 0.2) is 18.9 Å². The number of benzene rings is 1. The molecule has 0 bridgehead atoms. The van der Waals surface area contributed by atoms with Crippen molar-refractivity contribution < 1.29 is 68.6 Å². The highest BCUT2D eigenvalue weighted by Crippen LogP contribution is 2.70. The van der Waals surface area contributed by atoms with Crippen molar-refractivity contribution in [3.63, 3.8) is 0 Å². The van der Waals surface area contributed by atoms with E-state index in [1.165, 1.54) is 0 Å². The molecule has 0 amide bonds. The Kier molecular flexibility index (Phi) is 13.0. The summed E-state index contributed by atoms with van der Waals surface area (Å²) in [5.74, 6) is 0.285. The van der Waals surface area contributed by atoms with E-state index >= 15 is 0 Å². The number of cyclic esters (lactones) is 1. The van der Waals surface area contributed by atoms with E-state index in [9.17, 15) is 35.4 Å². The Morgan fingerprint density at radius 3 is 2.02 bits per heavy atom. The first-order valence-corrected chi connectivity index (χ1v) is 24.1. The summed E-state index contributed by atoms with van der Waals surface area (Å²) < 4.78 is 43.7. The van der Waals surface area contributed by atoms with Crippen molar-refractivity contribution in [1.82, 2.24) is 0 Å². The third kappa shape index (κ3) is 8.35. The Morgan fingerprint density at radius 1 is 0.746 bits per heavy atom. The molecule has 14 nitrogen and oxygen atoms in total. The molecule has 3 saturated heterocycles. The lowest BCUT2D eigenvalue weighted by Gasteiger charge is -2.65. The van der Waals surface area contributed by atoms with Crippen LogP contribution in [-0.2, 0) is 38.0 Å². The molecule has 4 aliphatic carbocycles. The van der Waals surface area contributed by atoms with Crippen LogP contribution in [0.1, 0.15) is 111 Å². The number of rotatable bonds is 8. The molecule has 63 heavy (non-hydrogen) atoms. The smallest absolute Gasteiger partial charge is 0.336 e. The summed E-state index contributed by atoms with van der Waals surface area (Å²) in [6, 6.07) is 7.79. The summed E-state index contributed by atoms with van der Waals surface area (Å²) in [6.07, 6.45) is -0.282. The molecular weight excluding hydrogens is 880 g/mol. The second-order valence-corrected chi connectivity index (χ2v) is 21.5. The van der Waals surface area contributed by atoms with Gasteiger partial charge in [0.1, 0.15) is 24.1 Å². The van der Waals surface area contributed by atoms with Crippen LogP contribution in [0.2, 0.25) is 0 Å². The van der Waals surface area contributed by atoms with E-state index in [0.717, 1.165) is 47.7 Å².